The van der Waals surface area contributed by atoms with Gasteiger partial charge in [-0.1, -0.05) is 6.92 Å². The summed E-state index contributed by atoms with van der Waals surface area (Å²) in [6.07, 6.45) is 1.22. The Morgan fingerprint density at radius 3 is 2.67 bits per heavy atom. The molecule has 5 nitrogen and oxygen atoms in total. The summed E-state index contributed by atoms with van der Waals surface area (Å²) in [6.45, 7) is 2.59. The van der Waals surface area contributed by atoms with Crippen LogP contribution in [0, 0.1) is 0 Å². The first-order chi connectivity index (χ1) is 5.76. The lowest BCUT2D eigenvalue weighted by Crippen LogP contribution is -2.43. The lowest BCUT2D eigenvalue weighted by molar-refractivity contribution is -0.131. The van der Waals surface area contributed by atoms with Gasteiger partial charge in [0.2, 0.25) is 0 Å². The molecule has 0 heterocycles. The van der Waals surface area contributed by atoms with Gasteiger partial charge in [0.15, 0.2) is 0 Å². The van der Waals surface area contributed by atoms with Crippen LogP contribution in [0.3, 0.4) is 0 Å². The molecule has 0 spiro atoms. The average molecular weight is 176 g/mol. The first-order valence-electron chi connectivity index (χ1n) is 4.04. The van der Waals surface area contributed by atoms with Gasteiger partial charge in [-0.2, -0.15) is 0 Å². The van der Waals surface area contributed by atoms with E-state index in [0.29, 0.717) is 13.0 Å². The van der Waals surface area contributed by atoms with Crippen LogP contribution in [0.25, 0.3) is 0 Å². The Labute approximate surface area is 71.7 Å². The number of hydroxylamine groups is 1. The molecule has 0 radical (unpaired) electrons. The molecule has 1 amide bonds. The number of hydrogen-bond donors (Lipinski definition) is 4. The Balaban J connectivity index is 3.76. The van der Waals surface area contributed by atoms with Gasteiger partial charge >= 0.3 is 0 Å². The summed E-state index contributed by atoms with van der Waals surface area (Å²) >= 11 is 0. The normalized spacial score (nSPS) is 12.6. The summed E-state index contributed by atoms with van der Waals surface area (Å²) in [5.74, 6) is -0.502. The SMILES string of the molecule is CCCNC(CCO)C(=O)NO. The topological polar surface area (TPSA) is 81.6 Å². The third-order valence-electron chi connectivity index (χ3n) is 1.49. The molecule has 0 aromatic heterocycles. The molecule has 72 valence electrons. The number of carbonyl (C=O) groups is 1. The second-order valence-corrected chi connectivity index (χ2v) is 2.50. The smallest absolute Gasteiger partial charge is 0.260 e. The highest BCUT2D eigenvalue weighted by molar-refractivity contribution is 5.80. The second kappa shape index (κ2) is 7.02. The van der Waals surface area contributed by atoms with Gasteiger partial charge in [0.25, 0.3) is 5.91 Å². The van der Waals surface area contributed by atoms with E-state index in [4.69, 9.17) is 10.3 Å². The van der Waals surface area contributed by atoms with Crippen LogP contribution in [0.5, 0.6) is 0 Å². The molecule has 12 heavy (non-hydrogen) atoms. The Bertz CT molecular complexity index is 130. The van der Waals surface area contributed by atoms with E-state index in [-0.39, 0.29) is 6.61 Å². The highest BCUT2D eigenvalue weighted by Crippen LogP contribution is 1.90. The van der Waals surface area contributed by atoms with Crippen molar-refractivity contribution in [2.75, 3.05) is 13.2 Å². The largest absolute Gasteiger partial charge is 0.396 e. The molecule has 4 N–H and O–H groups in total. The molecule has 0 aromatic rings. The molecule has 0 aliphatic heterocycles. The molecule has 0 rings (SSSR count). The van der Waals surface area contributed by atoms with Gasteiger partial charge in [-0.3, -0.25) is 10.0 Å². The van der Waals surface area contributed by atoms with Crippen molar-refractivity contribution in [3.8, 4) is 0 Å². The molecule has 0 aromatic carbocycles. The van der Waals surface area contributed by atoms with Crippen molar-refractivity contribution in [1.29, 1.82) is 0 Å². The molecule has 0 fully saturated rings. The maximum atomic E-state index is 10.9. The van der Waals surface area contributed by atoms with E-state index in [0.717, 1.165) is 6.42 Å². The fourth-order valence-electron chi connectivity index (χ4n) is 0.851. The predicted molar refractivity (Wildman–Crippen MR) is 43.7 cm³/mol. The predicted octanol–water partition coefficient (Wildman–Crippen LogP) is -0.758. The van der Waals surface area contributed by atoms with E-state index in [2.05, 4.69) is 5.32 Å². The van der Waals surface area contributed by atoms with Gasteiger partial charge in [0, 0.05) is 6.61 Å². The van der Waals surface area contributed by atoms with Gasteiger partial charge in [0.1, 0.15) is 0 Å². The average Bonchev–Trinajstić information content (AvgIpc) is 2.11. The number of hydrogen-bond acceptors (Lipinski definition) is 4. The molecule has 1 unspecified atom stereocenters. The summed E-state index contributed by atoms with van der Waals surface area (Å²) in [5.41, 5.74) is 1.55. The van der Waals surface area contributed by atoms with E-state index in [9.17, 15) is 4.79 Å². The van der Waals surface area contributed by atoms with Crippen molar-refractivity contribution in [2.45, 2.75) is 25.8 Å². The van der Waals surface area contributed by atoms with Crippen LogP contribution >= 0.6 is 0 Å². The lowest BCUT2D eigenvalue weighted by Gasteiger charge is -2.14. The standard InChI is InChI=1S/C7H16N2O3/c1-2-4-8-6(3-5-10)7(11)9-12/h6,8,10,12H,2-5H2,1H3,(H,9,11). The summed E-state index contributed by atoms with van der Waals surface area (Å²) < 4.78 is 0. The summed E-state index contributed by atoms with van der Waals surface area (Å²) in [6, 6.07) is -0.500. The maximum Gasteiger partial charge on any atom is 0.260 e. The Kier molecular flexibility index (Phi) is 6.64. The summed E-state index contributed by atoms with van der Waals surface area (Å²) in [4.78, 5) is 10.9. The first-order valence-corrected chi connectivity index (χ1v) is 4.04. The molecule has 1 atom stereocenters. The first kappa shape index (κ1) is 11.4. The van der Waals surface area contributed by atoms with Gasteiger partial charge in [0.05, 0.1) is 6.04 Å². The molecular formula is C7H16N2O3. The minimum Gasteiger partial charge on any atom is -0.396 e. The minimum absolute atomic E-state index is 0.0746. The summed E-state index contributed by atoms with van der Waals surface area (Å²) in [7, 11) is 0. The zero-order valence-electron chi connectivity index (χ0n) is 7.21. The maximum absolute atomic E-state index is 10.9. The van der Waals surface area contributed by atoms with Crippen LogP contribution < -0.4 is 10.8 Å². The Hall–Kier alpha value is -0.650. The molecule has 5 heteroatoms. The van der Waals surface area contributed by atoms with Crippen molar-refractivity contribution in [3.05, 3.63) is 0 Å². The lowest BCUT2D eigenvalue weighted by atomic mass is 10.2. The van der Waals surface area contributed by atoms with Crippen LogP contribution in [0.4, 0.5) is 0 Å². The van der Waals surface area contributed by atoms with Crippen molar-refractivity contribution in [3.63, 3.8) is 0 Å². The van der Waals surface area contributed by atoms with E-state index < -0.39 is 11.9 Å². The highest BCUT2D eigenvalue weighted by atomic mass is 16.5. The van der Waals surface area contributed by atoms with Crippen LogP contribution in [-0.4, -0.2) is 35.4 Å². The van der Waals surface area contributed by atoms with E-state index in [1.807, 2.05) is 6.92 Å². The van der Waals surface area contributed by atoms with E-state index >= 15 is 0 Å². The molecule has 0 saturated carbocycles. The van der Waals surface area contributed by atoms with Gasteiger partial charge in [-0.05, 0) is 19.4 Å². The van der Waals surface area contributed by atoms with Crippen molar-refractivity contribution >= 4 is 5.91 Å². The van der Waals surface area contributed by atoms with E-state index in [1.165, 1.54) is 0 Å². The number of aliphatic hydroxyl groups excluding tert-OH is 1. The second-order valence-electron chi connectivity index (χ2n) is 2.50. The fourth-order valence-corrected chi connectivity index (χ4v) is 0.851. The van der Waals surface area contributed by atoms with Crippen LogP contribution in [0.2, 0.25) is 0 Å². The minimum atomic E-state index is -0.502. The van der Waals surface area contributed by atoms with Crippen molar-refractivity contribution < 1.29 is 15.1 Å². The van der Waals surface area contributed by atoms with Crippen molar-refractivity contribution in [1.82, 2.24) is 10.8 Å². The molecule has 0 bridgehead atoms. The third-order valence-corrected chi connectivity index (χ3v) is 1.49. The van der Waals surface area contributed by atoms with Crippen LogP contribution in [0.15, 0.2) is 0 Å². The van der Waals surface area contributed by atoms with Gasteiger partial charge in [-0.25, -0.2) is 5.48 Å². The number of nitrogens with one attached hydrogen (secondary N) is 2. The van der Waals surface area contributed by atoms with Crippen molar-refractivity contribution in [2.24, 2.45) is 0 Å². The Morgan fingerprint density at radius 2 is 2.25 bits per heavy atom. The number of amides is 1. The molecule has 0 aliphatic carbocycles. The Morgan fingerprint density at radius 1 is 1.58 bits per heavy atom. The zero-order valence-corrected chi connectivity index (χ0v) is 7.21. The van der Waals surface area contributed by atoms with Crippen LogP contribution in [0.1, 0.15) is 19.8 Å². The third kappa shape index (κ3) is 4.27. The van der Waals surface area contributed by atoms with E-state index in [1.54, 1.807) is 5.48 Å². The number of rotatable bonds is 6. The molecular weight excluding hydrogens is 160 g/mol. The summed E-state index contributed by atoms with van der Waals surface area (Å²) in [5, 5.41) is 19.8. The van der Waals surface area contributed by atoms with Gasteiger partial charge < -0.3 is 10.4 Å². The zero-order chi connectivity index (χ0) is 9.40. The number of aliphatic hydroxyl groups is 1. The molecule has 0 saturated heterocycles. The number of carbonyl (C=O) groups excluding carboxylic acids is 1. The molecule has 0 aliphatic rings. The van der Waals surface area contributed by atoms with Gasteiger partial charge in [-0.15, -0.1) is 0 Å². The highest BCUT2D eigenvalue weighted by Gasteiger charge is 2.15. The van der Waals surface area contributed by atoms with Crippen LogP contribution in [-0.2, 0) is 4.79 Å². The monoisotopic (exact) mass is 176 g/mol. The quantitative estimate of drug-likeness (QED) is 0.317. The fraction of sp³-hybridized carbons (Fsp3) is 0.857.